The van der Waals surface area contributed by atoms with Crippen LogP contribution in [-0.4, -0.2) is 27.4 Å². The van der Waals surface area contributed by atoms with E-state index in [1.807, 2.05) is 0 Å². The van der Waals surface area contributed by atoms with Crippen molar-refractivity contribution in [2.75, 3.05) is 0 Å². The molecule has 1 atom stereocenters. The van der Waals surface area contributed by atoms with E-state index in [1.165, 1.54) is 234 Å². The van der Waals surface area contributed by atoms with Gasteiger partial charge in [0, 0.05) is 0 Å². The predicted octanol–water partition coefficient (Wildman–Crippen LogP) is 17.0. The molecule has 1 unspecified atom stereocenters. The molecule has 0 aromatic heterocycles. The van der Waals surface area contributed by atoms with E-state index in [4.69, 9.17) is 8.23 Å². The molecule has 5 heteroatoms. The highest BCUT2D eigenvalue weighted by molar-refractivity contribution is 6.77. The van der Waals surface area contributed by atoms with Gasteiger partial charge in [0.05, 0.1) is 0 Å². The number of hydrogen-bond acceptors (Lipinski definition) is 2. The lowest BCUT2D eigenvalue weighted by Crippen LogP contribution is -2.38. The Kier molecular flexibility index (Phi) is 23.1. The Hall–Kier alpha value is -2.29. The first kappa shape index (κ1) is 48.7. The van der Waals surface area contributed by atoms with Crippen LogP contribution in [-0.2, 0) is 8.23 Å². The van der Waals surface area contributed by atoms with E-state index in [0.717, 1.165) is 0 Å². The maximum atomic E-state index is 6.92. The van der Waals surface area contributed by atoms with Crippen molar-refractivity contribution in [1.29, 1.82) is 0 Å². The molecular formula is C55H86O2Si3. The summed E-state index contributed by atoms with van der Waals surface area (Å²) in [7, 11) is -4.26. The van der Waals surface area contributed by atoms with E-state index in [-0.39, 0.29) is 0 Å². The summed E-state index contributed by atoms with van der Waals surface area (Å²) in [6.45, 7) is 9.19. The van der Waals surface area contributed by atoms with Gasteiger partial charge in [0.15, 0.2) is 17.4 Å². The second-order valence-corrected chi connectivity index (χ2v) is 28.6. The lowest BCUT2D eigenvalue weighted by Gasteiger charge is -2.23. The quantitative estimate of drug-likeness (QED) is 0.0178. The normalized spacial score (nSPS) is 12.9. The minimum absolute atomic E-state index is 1.00. The second kappa shape index (κ2) is 28.4. The zero-order chi connectivity index (χ0) is 42.1. The molecule has 5 aromatic carbocycles. The maximum absolute atomic E-state index is 6.92. The van der Waals surface area contributed by atoms with Crippen LogP contribution in [0.2, 0.25) is 25.7 Å². The summed E-state index contributed by atoms with van der Waals surface area (Å²) in [5, 5.41) is 12.2. The van der Waals surface area contributed by atoms with E-state index in [9.17, 15) is 0 Å². The highest BCUT2D eigenvalue weighted by Gasteiger charge is 2.21. The molecule has 0 fully saturated rings. The Morgan fingerprint density at radius 3 is 1.25 bits per heavy atom. The van der Waals surface area contributed by atoms with Gasteiger partial charge in [-0.15, -0.1) is 0 Å². The standard InChI is InChI=1S/C55H86O2Si3/c1-5-6-7-8-9-10-11-12-13-14-15-16-17-18-19-20-21-22-23-24-25-26-27-28-29-30-31-34-42-59(56-58-57-60(2,3)4)55-39-35-38-49-44-51-41-40-50-43-47-36-32-33-37-48(47)45-52(50)53(51)46-54(49)55/h32-33,35-41,43-46,59H,5-31,34,42,58H2,1-4H3. The molecule has 2 nitrogen and oxygen atoms in total. The van der Waals surface area contributed by atoms with Crippen molar-refractivity contribution < 1.29 is 8.23 Å². The van der Waals surface area contributed by atoms with E-state index in [2.05, 4.69) is 105 Å². The number of hydrogen-bond donors (Lipinski definition) is 0. The van der Waals surface area contributed by atoms with Crippen LogP contribution in [0.25, 0.3) is 43.1 Å². The molecule has 0 bridgehead atoms. The number of rotatable bonds is 34. The third-order valence-electron chi connectivity index (χ3n) is 13.2. The van der Waals surface area contributed by atoms with Crippen molar-refractivity contribution >= 4 is 75.6 Å². The first-order valence-electron chi connectivity index (χ1n) is 25.5. The minimum Gasteiger partial charge on any atom is -0.441 e. The van der Waals surface area contributed by atoms with Crippen molar-refractivity contribution in [2.24, 2.45) is 0 Å². The molecule has 0 aliphatic rings. The van der Waals surface area contributed by atoms with E-state index >= 15 is 0 Å². The van der Waals surface area contributed by atoms with Gasteiger partial charge < -0.3 is 8.23 Å². The molecule has 60 heavy (non-hydrogen) atoms. The topological polar surface area (TPSA) is 18.5 Å². The predicted molar refractivity (Wildman–Crippen MR) is 277 cm³/mol. The molecule has 0 heterocycles. The van der Waals surface area contributed by atoms with E-state index < -0.39 is 27.4 Å². The first-order valence-corrected chi connectivity index (χ1v) is 31.9. The Morgan fingerprint density at radius 1 is 0.400 bits per heavy atom. The molecule has 0 N–H and O–H groups in total. The smallest absolute Gasteiger partial charge is 0.283 e. The molecule has 0 aliphatic carbocycles. The van der Waals surface area contributed by atoms with Crippen LogP contribution in [0.3, 0.4) is 0 Å². The van der Waals surface area contributed by atoms with Crippen molar-refractivity contribution in [3.05, 3.63) is 78.9 Å². The van der Waals surface area contributed by atoms with Gasteiger partial charge in [-0.1, -0.05) is 241 Å². The Bertz CT molecular complexity index is 1920. The third kappa shape index (κ3) is 17.8. The number of unbranched alkanes of at least 4 members (excludes halogenated alkanes) is 27. The lowest BCUT2D eigenvalue weighted by molar-refractivity contribution is 0.464. The SMILES string of the molecule is CCCCCCCCCCCCCCCCCCCCCCCCCCCCCC[SiH](O[SiH2]O[Si](C)(C)C)c1cccc2cc3ccc4cc5ccccc5cc4c3cc12. The molecule has 5 aromatic rings. The zero-order valence-electron chi connectivity index (χ0n) is 39.1. The highest BCUT2D eigenvalue weighted by Crippen LogP contribution is 2.32. The highest BCUT2D eigenvalue weighted by atomic mass is 28.4. The molecule has 0 amide bonds. The number of benzene rings is 5. The summed E-state index contributed by atoms with van der Waals surface area (Å²) < 4.78 is 13.3. The summed E-state index contributed by atoms with van der Waals surface area (Å²) in [6.07, 6.45) is 40.3. The fourth-order valence-corrected chi connectivity index (χ4v) is 15.7. The monoisotopic (exact) mass is 863 g/mol. The van der Waals surface area contributed by atoms with E-state index in [1.54, 1.807) is 0 Å². The van der Waals surface area contributed by atoms with Crippen LogP contribution in [0.15, 0.2) is 78.9 Å². The molecule has 0 spiro atoms. The Labute approximate surface area is 373 Å². The molecule has 330 valence electrons. The van der Waals surface area contributed by atoms with Crippen molar-refractivity contribution in [3.8, 4) is 0 Å². The van der Waals surface area contributed by atoms with Gasteiger partial charge in [0.25, 0.3) is 10.0 Å². The fourth-order valence-electron chi connectivity index (χ4n) is 9.45. The first-order chi connectivity index (χ1) is 29.4. The minimum atomic E-state index is -1.66. The van der Waals surface area contributed by atoms with Gasteiger partial charge in [0.1, 0.15) is 0 Å². The van der Waals surface area contributed by atoms with Gasteiger partial charge in [-0.05, 0) is 98.2 Å². The van der Waals surface area contributed by atoms with Gasteiger partial charge >= 0.3 is 0 Å². The summed E-state index contributed by atoms with van der Waals surface area (Å²) in [5.74, 6) is 0. The second-order valence-electron chi connectivity index (χ2n) is 19.5. The van der Waals surface area contributed by atoms with Gasteiger partial charge in [0.2, 0.25) is 0 Å². The molecular weight excluding hydrogens is 777 g/mol. The average Bonchev–Trinajstić information content (AvgIpc) is 3.24. The van der Waals surface area contributed by atoms with Crippen LogP contribution in [0.4, 0.5) is 0 Å². The van der Waals surface area contributed by atoms with Crippen LogP contribution >= 0.6 is 0 Å². The average molecular weight is 864 g/mol. The zero-order valence-corrected chi connectivity index (χ0v) is 42.7. The van der Waals surface area contributed by atoms with Crippen LogP contribution in [0.1, 0.15) is 187 Å². The van der Waals surface area contributed by atoms with Crippen LogP contribution in [0, 0.1) is 0 Å². The summed E-state index contributed by atoms with van der Waals surface area (Å²) in [6, 6.07) is 31.2. The van der Waals surface area contributed by atoms with Crippen molar-refractivity contribution in [2.45, 2.75) is 212 Å². The van der Waals surface area contributed by atoms with Gasteiger partial charge in [-0.25, -0.2) is 0 Å². The Balaban J connectivity index is 0.927. The maximum Gasteiger partial charge on any atom is 0.283 e. The van der Waals surface area contributed by atoms with Crippen LogP contribution < -0.4 is 5.19 Å². The van der Waals surface area contributed by atoms with Crippen LogP contribution in [0.5, 0.6) is 0 Å². The fraction of sp³-hybridized carbons (Fsp3) is 0.600. The van der Waals surface area contributed by atoms with E-state index in [0.29, 0.717) is 0 Å². The largest absolute Gasteiger partial charge is 0.441 e. The molecule has 0 aliphatic heterocycles. The van der Waals surface area contributed by atoms with Gasteiger partial charge in [-0.3, -0.25) is 0 Å². The lowest BCUT2D eigenvalue weighted by atomic mass is 9.96. The summed E-state index contributed by atoms with van der Waals surface area (Å²) >= 11 is 0. The molecule has 0 radical (unpaired) electrons. The molecule has 5 rings (SSSR count). The number of fused-ring (bicyclic) bond motifs is 5. The summed E-state index contributed by atoms with van der Waals surface area (Å²) in [5.41, 5.74) is 0. The molecule has 0 saturated carbocycles. The van der Waals surface area contributed by atoms with Gasteiger partial charge in [-0.2, -0.15) is 0 Å². The molecule has 0 saturated heterocycles. The van der Waals surface area contributed by atoms with Crippen molar-refractivity contribution in [1.82, 2.24) is 0 Å². The van der Waals surface area contributed by atoms with Crippen molar-refractivity contribution in [3.63, 3.8) is 0 Å². The Morgan fingerprint density at radius 2 is 0.783 bits per heavy atom. The third-order valence-corrected chi connectivity index (χ3v) is 21.4. The summed E-state index contributed by atoms with van der Waals surface area (Å²) in [4.78, 5) is 0.